The normalized spacial score (nSPS) is 29.0. The number of hydrogen-bond donors (Lipinski definition) is 5. The molecule has 1 aliphatic heterocycles. The van der Waals surface area contributed by atoms with Crippen LogP contribution >= 0.6 is 0 Å². The third-order valence-corrected chi connectivity index (χ3v) is 6.41. The van der Waals surface area contributed by atoms with Gasteiger partial charge < -0.3 is 35.0 Å². The zero-order valence-electron chi connectivity index (χ0n) is 18.4. The minimum atomic E-state index is -1.53. The minimum Gasteiger partial charge on any atom is -0.462 e. The van der Waals surface area contributed by atoms with Gasteiger partial charge >= 0.3 is 0 Å². The van der Waals surface area contributed by atoms with Crippen LogP contribution < -0.4 is 4.74 Å². The summed E-state index contributed by atoms with van der Waals surface area (Å²) in [6, 6.07) is 12.1. The molecule has 0 unspecified atom stereocenters. The van der Waals surface area contributed by atoms with Crippen molar-refractivity contribution in [3.05, 3.63) is 64.2 Å². The number of ether oxygens (including phenoxy) is 2. The van der Waals surface area contributed by atoms with Crippen LogP contribution in [0.15, 0.2) is 36.4 Å². The van der Waals surface area contributed by atoms with Crippen molar-refractivity contribution in [2.45, 2.75) is 82.4 Å². The third kappa shape index (κ3) is 4.83. The summed E-state index contributed by atoms with van der Waals surface area (Å²) >= 11 is 0. The first-order valence-electron chi connectivity index (χ1n) is 11.1. The molecule has 1 heterocycles. The molecule has 2 fully saturated rings. The van der Waals surface area contributed by atoms with E-state index in [0.29, 0.717) is 23.7 Å². The van der Waals surface area contributed by atoms with Gasteiger partial charge in [0.05, 0.1) is 12.7 Å². The van der Waals surface area contributed by atoms with E-state index in [-0.39, 0.29) is 6.61 Å². The van der Waals surface area contributed by atoms with Crippen LogP contribution in [0.2, 0.25) is 0 Å². The highest BCUT2D eigenvalue weighted by molar-refractivity contribution is 5.46. The molecule has 4 rings (SSSR count). The number of rotatable bonds is 7. The Bertz CT molecular complexity index is 923. The molecule has 2 aliphatic rings. The summed E-state index contributed by atoms with van der Waals surface area (Å²) in [6.45, 7) is 3.18. The van der Waals surface area contributed by atoms with Crippen LogP contribution in [-0.2, 0) is 17.8 Å². The zero-order valence-corrected chi connectivity index (χ0v) is 18.4. The summed E-state index contributed by atoms with van der Waals surface area (Å²) in [5.41, 5.74) is 4.87. The Hall–Kier alpha value is -2.00. The van der Waals surface area contributed by atoms with Crippen LogP contribution in [0.5, 0.6) is 5.75 Å². The molecular formula is C25H32O7. The lowest BCUT2D eigenvalue weighted by Gasteiger charge is -2.41. The molecule has 2 aromatic carbocycles. The van der Waals surface area contributed by atoms with Crippen molar-refractivity contribution in [1.29, 1.82) is 0 Å². The minimum absolute atomic E-state index is 0.181. The highest BCUT2D eigenvalue weighted by atomic mass is 16.7. The molecule has 7 heteroatoms. The summed E-state index contributed by atoms with van der Waals surface area (Å²) in [7, 11) is 0. The molecule has 1 aliphatic carbocycles. The van der Waals surface area contributed by atoms with Crippen molar-refractivity contribution in [3.8, 4) is 5.75 Å². The van der Waals surface area contributed by atoms with E-state index in [4.69, 9.17) is 9.47 Å². The molecule has 6 atom stereocenters. The highest BCUT2D eigenvalue weighted by Crippen LogP contribution is 2.40. The van der Waals surface area contributed by atoms with Crippen molar-refractivity contribution in [3.63, 3.8) is 0 Å². The van der Waals surface area contributed by atoms with Crippen molar-refractivity contribution >= 4 is 0 Å². The topological polar surface area (TPSA) is 120 Å². The summed E-state index contributed by atoms with van der Waals surface area (Å²) in [6.07, 6.45) is -4.90. The number of aliphatic hydroxyl groups excluding tert-OH is 5. The van der Waals surface area contributed by atoms with Gasteiger partial charge in [-0.2, -0.15) is 0 Å². The van der Waals surface area contributed by atoms with Gasteiger partial charge in [0.2, 0.25) is 6.29 Å². The molecule has 0 spiro atoms. The summed E-state index contributed by atoms with van der Waals surface area (Å²) in [4.78, 5) is 0. The first-order chi connectivity index (χ1) is 15.3. The van der Waals surface area contributed by atoms with Crippen LogP contribution in [0.4, 0.5) is 0 Å². The van der Waals surface area contributed by atoms with Gasteiger partial charge in [-0.05, 0) is 60.9 Å². The maximum atomic E-state index is 10.4. The number of hydrogen-bond acceptors (Lipinski definition) is 7. The lowest BCUT2D eigenvalue weighted by atomic mass is 9.95. The Morgan fingerprint density at radius 1 is 1.00 bits per heavy atom. The van der Waals surface area contributed by atoms with E-state index in [9.17, 15) is 25.5 Å². The number of aliphatic hydroxyl groups is 5. The second kappa shape index (κ2) is 9.47. The summed E-state index contributed by atoms with van der Waals surface area (Å²) < 4.78 is 11.6. The summed E-state index contributed by atoms with van der Waals surface area (Å²) in [5.74, 6) is 1.10. The molecule has 1 saturated heterocycles. The van der Waals surface area contributed by atoms with E-state index in [1.807, 2.05) is 13.0 Å². The Morgan fingerprint density at radius 2 is 1.69 bits per heavy atom. The van der Waals surface area contributed by atoms with Crippen molar-refractivity contribution in [2.24, 2.45) is 0 Å². The van der Waals surface area contributed by atoms with E-state index < -0.39 is 36.8 Å². The molecule has 1 saturated carbocycles. The Labute approximate surface area is 187 Å². The van der Waals surface area contributed by atoms with E-state index in [2.05, 4.69) is 24.3 Å². The van der Waals surface area contributed by atoms with E-state index in [1.165, 1.54) is 25.3 Å². The van der Waals surface area contributed by atoms with Crippen LogP contribution in [0.3, 0.4) is 0 Å². The smallest absolute Gasteiger partial charge is 0.229 e. The van der Waals surface area contributed by atoms with Gasteiger partial charge in [-0.25, -0.2) is 0 Å². The van der Waals surface area contributed by atoms with Crippen molar-refractivity contribution < 1.29 is 35.0 Å². The first kappa shape index (κ1) is 23.2. The zero-order chi connectivity index (χ0) is 23.0. The Kier molecular flexibility index (Phi) is 6.86. The second-order valence-corrected chi connectivity index (χ2v) is 9.04. The Balaban J connectivity index is 1.61. The monoisotopic (exact) mass is 444 g/mol. The van der Waals surface area contributed by atoms with Gasteiger partial charge in [0, 0.05) is 12.0 Å². The van der Waals surface area contributed by atoms with E-state index >= 15 is 0 Å². The van der Waals surface area contributed by atoms with Crippen LogP contribution in [0, 0.1) is 6.92 Å². The molecule has 5 N–H and O–H groups in total. The molecular weight excluding hydrogens is 412 g/mol. The van der Waals surface area contributed by atoms with Gasteiger partial charge in [0.1, 0.15) is 30.2 Å². The molecule has 32 heavy (non-hydrogen) atoms. The molecule has 2 aromatic rings. The summed E-state index contributed by atoms with van der Waals surface area (Å²) in [5, 5.41) is 50.4. The highest BCUT2D eigenvalue weighted by Gasteiger charge is 2.46. The fourth-order valence-electron chi connectivity index (χ4n) is 4.30. The number of benzene rings is 2. The maximum absolute atomic E-state index is 10.4. The van der Waals surface area contributed by atoms with Gasteiger partial charge in [0.25, 0.3) is 0 Å². The van der Waals surface area contributed by atoms with Crippen molar-refractivity contribution in [1.82, 2.24) is 0 Å². The first-order valence-corrected chi connectivity index (χ1v) is 11.1. The van der Waals surface area contributed by atoms with Crippen LogP contribution in [0.1, 0.15) is 53.5 Å². The van der Waals surface area contributed by atoms with Crippen LogP contribution in [0.25, 0.3) is 0 Å². The van der Waals surface area contributed by atoms with Gasteiger partial charge in [0.15, 0.2) is 0 Å². The van der Waals surface area contributed by atoms with Gasteiger partial charge in [-0.1, -0.05) is 30.3 Å². The van der Waals surface area contributed by atoms with Gasteiger partial charge in [-0.15, -0.1) is 0 Å². The molecule has 0 aromatic heterocycles. The standard InChI is InChI=1S/C25H32O7/c1-13-9-16(12-26)11-20(19(13)10-15-3-5-17(6-4-15)18-7-8-18)31-25-23(30)21(28)22(29)24(32-25)14(2)27/h3-6,9,11,14,18,21-30H,7-8,10,12H2,1-2H3/t14-,21-,22-,23+,24+,25+/m0/s1. The molecule has 0 bridgehead atoms. The molecule has 7 nitrogen and oxygen atoms in total. The average molecular weight is 445 g/mol. The fourth-order valence-corrected chi connectivity index (χ4v) is 4.30. The largest absolute Gasteiger partial charge is 0.462 e. The van der Waals surface area contributed by atoms with Gasteiger partial charge in [-0.3, -0.25) is 0 Å². The molecule has 0 radical (unpaired) electrons. The third-order valence-electron chi connectivity index (χ3n) is 6.41. The number of aryl methyl sites for hydroxylation is 1. The lowest BCUT2D eigenvalue weighted by molar-refractivity contribution is -0.286. The SMILES string of the molecule is Cc1cc(CO)cc(O[C@@H]2O[C@H]([C@H](C)O)[C@@H](O)[C@H](O)[C@H]2O)c1Cc1ccc(C2CC2)cc1. The predicted molar refractivity (Wildman–Crippen MR) is 117 cm³/mol. The predicted octanol–water partition coefficient (Wildman–Crippen LogP) is 1.52. The average Bonchev–Trinajstić information content (AvgIpc) is 3.61. The molecule has 174 valence electrons. The quantitative estimate of drug-likeness (QED) is 0.439. The maximum Gasteiger partial charge on any atom is 0.229 e. The second-order valence-electron chi connectivity index (χ2n) is 9.04. The Morgan fingerprint density at radius 3 is 2.28 bits per heavy atom. The van der Waals surface area contributed by atoms with Crippen molar-refractivity contribution in [2.75, 3.05) is 0 Å². The fraction of sp³-hybridized carbons (Fsp3) is 0.520. The molecule has 0 amide bonds. The van der Waals surface area contributed by atoms with Crippen LogP contribution in [-0.4, -0.2) is 62.3 Å². The van der Waals surface area contributed by atoms with E-state index in [0.717, 1.165) is 16.7 Å². The van der Waals surface area contributed by atoms with E-state index in [1.54, 1.807) is 6.07 Å². The lowest BCUT2D eigenvalue weighted by Crippen LogP contribution is -2.61.